The molecular weight excluding hydrogens is 530 g/mol. The van der Waals surface area contributed by atoms with E-state index in [2.05, 4.69) is 15.1 Å². The molecule has 8 nitrogen and oxygen atoms in total. The average molecular weight is 562 g/mol. The van der Waals surface area contributed by atoms with E-state index in [9.17, 15) is 17.7 Å². The van der Waals surface area contributed by atoms with Crippen molar-refractivity contribution in [3.05, 3.63) is 60.0 Å². The lowest BCUT2D eigenvalue weighted by atomic mass is 9.95. The minimum atomic E-state index is -4.86. The fourth-order valence-electron chi connectivity index (χ4n) is 5.15. The predicted molar refractivity (Wildman–Crippen MR) is 143 cm³/mol. The molecule has 0 amide bonds. The van der Waals surface area contributed by atoms with E-state index in [0.717, 1.165) is 12.8 Å². The Kier molecular flexibility index (Phi) is 7.33. The number of nitrogens with zero attached hydrogens (tertiary/aromatic N) is 4. The van der Waals surface area contributed by atoms with E-state index in [4.69, 9.17) is 19.9 Å². The molecule has 0 aliphatic carbocycles. The molecule has 39 heavy (non-hydrogen) atoms. The molecule has 1 aromatic carbocycles. The SMILES string of the molecule is CP(C)(=O)c1cc(N)c2nc1N1CCC[C@H]1CC=CCCC(OCc1ccccc1)(C(F)(F)F)c1nnc-2o1. The molecule has 12 heteroatoms. The van der Waals surface area contributed by atoms with E-state index in [-0.39, 0.29) is 36.3 Å². The van der Waals surface area contributed by atoms with Crippen molar-refractivity contribution in [3.8, 4) is 11.6 Å². The van der Waals surface area contributed by atoms with Gasteiger partial charge in [0.25, 0.3) is 11.8 Å². The first-order chi connectivity index (χ1) is 18.5. The van der Waals surface area contributed by atoms with Gasteiger partial charge in [-0.3, -0.25) is 0 Å². The number of ether oxygens (including phenoxy) is 1. The molecular formula is C27H31F3N5O3P. The van der Waals surface area contributed by atoms with Gasteiger partial charge in [0, 0.05) is 12.6 Å². The van der Waals surface area contributed by atoms with E-state index in [0.29, 0.717) is 29.7 Å². The molecule has 4 heterocycles. The minimum absolute atomic E-state index is 0.0540. The van der Waals surface area contributed by atoms with Crippen LogP contribution >= 0.6 is 7.14 Å². The van der Waals surface area contributed by atoms with E-state index in [1.54, 1.807) is 55.8 Å². The highest BCUT2D eigenvalue weighted by molar-refractivity contribution is 7.70. The normalized spacial score (nSPS) is 22.0. The van der Waals surface area contributed by atoms with Crippen LogP contribution < -0.4 is 15.9 Å². The molecule has 5 rings (SSSR count). The van der Waals surface area contributed by atoms with Gasteiger partial charge in [0.05, 0.1) is 17.6 Å². The van der Waals surface area contributed by atoms with Crippen LogP contribution in [0.1, 0.15) is 43.6 Å². The summed E-state index contributed by atoms with van der Waals surface area (Å²) in [5, 5.41) is 8.28. The maximum absolute atomic E-state index is 14.8. The van der Waals surface area contributed by atoms with Gasteiger partial charge < -0.3 is 24.4 Å². The topological polar surface area (TPSA) is 107 Å². The van der Waals surface area contributed by atoms with Crippen LogP contribution in [0.3, 0.4) is 0 Å². The molecule has 1 saturated heterocycles. The molecule has 2 aliphatic rings. The fraction of sp³-hybridized carbons (Fsp3) is 0.444. The molecule has 1 fully saturated rings. The van der Waals surface area contributed by atoms with Crippen molar-refractivity contribution in [2.24, 2.45) is 0 Å². The number of aromatic nitrogens is 3. The molecule has 2 aliphatic heterocycles. The number of benzene rings is 1. The molecule has 3 aromatic rings. The predicted octanol–water partition coefficient (Wildman–Crippen LogP) is 5.65. The summed E-state index contributed by atoms with van der Waals surface area (Å²) in [6, 6.07) is 10.2. The van der Waals surface area contributed by atoms with Crippen molar-refractivity contribution in [1.29, 1.82) is 0 Å². The van der Waals surface area contributed by atoms with Gasteiger partial charge in [-0.05, 0) is 57.1 Å². The monoisotopic (exact) mass is 561 g/mol. The minimum Gasteiger partial charge on any atom is -0.416 e. The number of rotatable bonds is 4. The van der Waals surface area contributed by atoms with Gasteiger partial charge in [-0.1, -0.05) is 42.5 Å². The Balaban J connectivity index is 1.66. The van der Waals surface area contributed by atoms with Crippen LogP contribution in [-0.2, 0) is 21.5 Å². The highest BCUT2D eigenvalue weighted by Gasteiger charge is 2.61. The van der Waals surface area contributed by atoms with Gasteiger partial charge in [0.1, 0.15) is 13.0 Å². The molecule has 0 saturated carbocycles. The van der Waals surface area contributed by atoms with Crippen LogP contribution in [0.5, 0.6) is 0 Å². The van der Waals surface area contributed by atoms with Crippen molar-refractivity contribution in [1.82, 2.24) is 15.2 Å². The second-order valence-electron chi connectivity index (χ2n) is 10.4. The largest absolute Gasteiger partial charge is 0.426 e. The molecule has 1 unspecified atom stereocenters. The van der Waals surface area contributed by atoms with Crippen LogP contribution in [0.25, 0.3) is 11.6 Å². The van der Waals surface area contributed by atoms with Gasteiger partial charge in [-0.25, -0.2) is 4.98 Å². The third-order valence-corrected chi connectivity index (χ3v) is 8.73. The first-order valence-corrected chi connectivity index (χ1v) is 15.5. The number of pyridine rings is 1. The Morgan fingerprint density at radius 1 is 1.21 bits per heavy atom. The highest BCUT2D eigenvalue weighted by Crippen LogP contribution is 2.47. The standard InChI is InChI=1S/C27H31F3N5O3P/c1-39(2,36)21-16-20(31)22-24-33-34-25(38-24)26(27(28,29)30,37-17-18-10-5-3-6-11-18)14-8-4-7-12-19-13-9-15-35(19)23(21)32-22/h3-7,10-11,16,19H,8-9,12-15,17,31H2,1-2H3/t19-,26?/m1/s1. The maximum atomic E-state index is 14.8. The summed E-state index contributed by atoms with van der Waals surface area (Å²) in [7, 11) is -2.81. The number of nitrogens with two attached hydrogens (primary N) is 1. The maximum Gasteiger partial charge on any atom is 0.426 e. The van der Waals surface area contributed by atoms with Crippen LogP contribution in [0.15, 0.2) is 53.0 Å². The summed E-state index contributed by atoms with van der Waals surface area (Å²) >= 11 is 0. The number of allylic oxidation sites excluding steroid dienone is 1. The summed E-state index contributed by atoms with van der Waals surface area (Å²) in [5.74, 6) is -0.478. The van der Waals surface area contributed by atoms with E-state index in [1.807, 2.05) is 6.08 Å². The zero-order valence-corrected chi connectivity index (χ0v) is 22.7. The zero-order chi connectivity index (χ0) is 27.8. The molecule has 208 valence electrons. The van der Waals surface area contributed by atoms with Crippen molar-refractivity contribution in [2.75, 3.05) is 30.5 Å². The van der Waals surface area contributed by atoms with Gasteiger partial charge in [0.2, 0.25) is 5.60 Å². The van der Waals surface area contributed by atoms with E-state index >= 15 is 0 Å². The van der Waals surface area contributed by atoms with Crippen molar-refractivity contribution in [3.63, 3.8) is 0 Å². The lowest BCUT2D eigenvalue weighted by molar-refractivity contribution is -0.299. The van der Waals surface area contributed by atoms with Gasteiger partial charge in [-0.2, -0.15) is 13.2 Å². The lowest BCUT2D eigenvalue weighted by Gasteiger charge is -2.32. The van der Waals surface area contributed by atoms with Crippen LogP contribution in [0, 0.1) is 0 Å². The Bertz CT molecular complexity index is 1410. The van der Waals surface area contributed by atoms with Crippen molar-refractivity contribution < 1.29 is 26.9 Å². The number of nitrogen functional groups attached to an aromatic ring is 1. The Hall–Kier alpha value is -3.17. The fourth-order valence-corrected chi connectivity index (χ4v) is 6.26. The molecule has 4 bridgehead atoms. The highest BCUT2D eigenvalue weighted by atomic mass is 31.2. The summed E-state index contributed by atoms with van der Waals surface area (Å²) in [6.45, 7) is 3.69. The van der Waals surface area contributed by atoms with Crippen LogP contribution in [-0.4, -0.2) is 47.3 Å². The van der Waals surface area contributed by atoms with Crippen molar-refractivity contribution in [2.45, 2.75) is 56.5 Å². The number of halogens is 3. The lowest BCUT2D eigenvalue weighted by Crippen LogP contribution is -2.45. The number of hydrogen-bond donors (Lipinski definition) is 1. The zero-order valence-electron chi connectivity index (χ0n) is 21.8. The number of fused-ring (bicyclic) bond motifs is 7. The first kappa shape index (κ1) is 27.4. The number of alkyl halides is 3. The smallest absolute Gasteiger partial charge is 0.416 e. The molecule has 2 N–H and O–H groups in total. The first-order valence-electron chi connectivity index (χ1n) is 12.9. The summed E-state index contributed by atoms with van der Waals surface area (Å²) < 4.78 is 69.1. The Morgan fingerprint density at radius 2 is 1.97 bits per heavy atom. The molecule has 2 aromatic heterocycles. The van der Waals surface area contributed by atoms with Gasteiger partial charge in [-0.15, -0.1) is 10.2 Å². The van der Waals surface area contributed by atoms with E-state index < -0.39 is 31.2 Å². The Labute approximate surface area is 224 Å². The summed E-state index contributed by atoms with van der Waals surface area (Å²) in [4.78, 5) is 6.81. The molecule has 2 atom stereocenters. The second-order valence-corrected chi connectivity index (χ2v) is 13.5. The van der Waals surface area contributed by atoms with E-state index in [1.165, 1.54) is 0 Å². The van der Waals surface area contributed by atoms with Crippen LogP contribution in [0.2, 0.25) is 0 Å². The van der Waals surface area contributed by atoms with Gasteiger partial charge >= 0.3 is 6.18 Å². The molecule has 0 spiro atoms. The Morgan fingerprint density at radius 3 is 2.69 bits per heavy atom. The van der Waals surface area contributed by atoms with Crippen molar-refractivity contribution >= 4 is 24.0 Å². The summed E-state index contributed by atoms with van der Waals surface area (Å²) in [5.41, 5.74) is 4.18. The van der Waals surface area contributed by atoms with Crippen LogP contribution in [0.4, 0.5) is 24.7 Å². The average Bonchev–Trinajstić information content (AvgIpc) is 3.55. The summed E-state index contributed by atoms with van der Waals surface area (Å²) in [6.07, 6.45) is 0.796. The third-order valence-electron chi connectivity index (χ3n) is 7.24. The second kappa shape index (κ2) is 10.4. The number of anilines is 2. The number of hydrogen-bond acceptors (Lipinski definition) is 8. The molecule has 0 radical (unpaired) electrons. The third kappa shape index (κ3) is 5.34. The van der Waals surface area contributed by atoms with Gasteiger partial charge in [0.15, 0.2) is 5.69 Å². The quantitative estimate of drug-likeness (QED) is 0.322.